The highest BCUT2D eigenvalue weighted by Gasteiger charge is 2.21. The summed E-state index contributed by atoms with van der Waals surface area (Å²) in [5.41, 5.74) is 5.48. The molecule has 0 spiro atoms. The maximum atomic E-state index is 11.7. The van der Waals surface area contributed by atoms with E-state index in [2.05, 4.69) is 61.7 Å². The first-order valence-electron chi connectivity index (χ1n) is 10.4. The maximum absolute atomic E-state index is 11.7. The number of nitrogens with one attached hydrogen (secondary N) is 2. The third-order valence-corrected chi connectivity index (χ3v) is 5.40. The molecule has 1 heterocycles. The van der Waals surface area contributed by atoms with E-state index in [1.165, 1.54) is 16.8 Å². The molecule has 0 saturated heterocycles. The van der Waals surface area contributed by atoms with Crippen LogP contribution in [0.5, 0.6) is 0 Å². The summed E-state index contributed by atoms with van der Waals surface area (Å²) in [6, 6.07) is 18.4. The smallest absolute Gasteiger partial charge is 0.224 e. The van der Waals surface area contributed by atoms with Crippen LogP contribution >= 0.6 is 0 Å². The van der Waals surface area contributed by atoms with Gasteiger partial charge in [-0.3, -0.25) is 4.79 Å². The van der Waals surface area contributed by atoms with Crippen LogP contribution in [0.4, 0.5) is 11.4 Å². The van der Waals surface area contributed by atoms with Crippen molar-refractivity contribution in [3.63, 3.8) is 0 Å². The van der Waals surface area contributed by atoms with Crippen LogP contribution in [-0.4, -0.2) is 11.6 Å². The lowest BCUT2D eigenvalue weighted by atomic mass is 9.89. The quantitative estimate of drug-likeness (QED) is 0.604. The maximum Gasteiger partial charge on any atom is 0.224 e. The Bertz CT molecular complexity index is 915. The molecule has 0 aliphatic carbocycles. The Morgan fingerprint density at radius 1 is 1.10 bits per heavy atom. The molecule has 1 aliphatic rings. The summed E-state index contributed by atoms with van der Waals surface area (Å²) < 4.78 is 0. The van der Waals surface area contributed by atoms with E-state index < -0.39 is 0 Å². The molecular weight excluding hydrogens is 358 g/mol. The zero-order valence-electron chi connectivity index (χ0n) is 17.8. The van der Waals surface area contributed by atoms with Crippen LogP contribution in [0.1, 0.15) is 58.4 Å². The first-order chi connectivity index (χ1) is 14.0. The number of allylic oxidation sites excluding steroid dienone is 1. The topological polar surface area (TPSA) is 53.5 Å². The Hall–Kier alpha value is -2.88. The molecule has 0 aromatic heterocycles. The van der Waals surface area contributed by atoms with Crippen molar-refractivity contribution in [2.45, 2.75) is 52.9 Å². The SMILES string of the molecule is CCC(=O)Nc1cccc(NC2=C(C)CC(C)CC(C(C)c3ccccc3)=N2)c1. The lowest BCUT2D eigenvalue weighted by Crippen LogP contribution is -2.13. The predicted molar refractivity (Wildman–Crippen MR) is 122 cm³/mol. The van der Waals surface area contributed by atoms with Crippen molar-refractivity contribution in [3.8, 4) is 0 Å². The zero-order chi connectivity index (χ0) is 20.8. The van der Waals surface area contributed by atoms with Crippen LogP contribution in [0.2, 0.25) is 0 Å². The lowest BCUT2D eigenvalue weighted by molar-refractivity contribution is -0.115. The Kier molecular flexibility index (Phi) is 6.86. The minimum absolute atomic E-state index is 0.0119. The average Bonchev–Trinajstić information content (AvgIpc) is 2.86. The minimum atomic E-state index is 0.0119. The van der Waals surface area contributed by atoms with Gasteiger partial charge in [0.2, 0.25) is 5.91 Å². The largest absolute Gasteiger partial charge is 0.340 e. The number of carbonyl (C=O) groups is 1. The summed E-state index contributed by atoms with van der Waals surface area (Å²) in [6.07, 6.45) is 2.47. The van der Waals surface area contributed by atoms with Gasteiger partial charge in [-0.05, 0) is 55.0 Å². The molecule has 4 heteroatoms. The molecule has 0 bridgehead atoms. The van der Waals surface area contributed by atoms with Gasteiger partial charge in [0, 0.05) is 29.4 Å². The molecule has 1 aliphatic heterocycles. The molecular formula is C25H31N3O. The summed E-state index contributed by atoms with van der Waals surface area (Å²) in [4.78, 5) is 16.8. The molecule has 29 heavy (non-hydrogen) atoms. The molecule has 3 rings (SSSR count). The fourth-order valence-corrected chi connectivity index (χ4v) is 3.74. The summed E-state index contributed by atoms with van der Waals surface area (Å²) in [5.74, 6) is 1.76. The van der Waals surface area contributed by atoms with Gasteiger partial charge in [-0.15, -0.1) is 0 Å². The third-order valence-electron chi connectivity index (χ3n) is 5.40. The molecule has 1 amide bonds. The van der Waals surface area contributed by atoms with Gasteiger partial charge >= 0.3 is 0 Å². The Morgan fingerprint density at radius 3 is 2.55 bits per heavy atom. The number of rotatable bonds is 6. The highest BCUT2D eigenvalue weighted by molar-refractivity contribution is 5.92. The molecule has 0 saturated carbocycles. The number of benzene rings is 2. The van der Waals surface area contributed by atoms with Crippen LogP contribution in [0.3, 0.4) is 0 Å². The fraction of sp³-hybridized carbons (Fsp3) is 0.360. The van der Waals surface area contributed by atoms with Crippen molar-refractivity contribution in [3.05, 3.63) is 71.6 Å². The summed E-state index contributed by atoms with van der Waals surface area (Å²) in [7, 11) is 0. The Morgan fingerprint density at radius 2 is 1.83 bits per heavy atom. The van der Waals surface area contributed by atoms with Gasteiger partial charge in [0.25, 0.3) is 0 Å². The van der Waals surface area contributed by atoms with Crippen molar-refractivity contribution in [2.24, 2.45) is 10.9 Å². The summed E-state index contributed by atoms with van der Waals surface area (Å²) in [6.45, 7) is 8.53. The van der Waals surface area contributed by atoms with E-state index in [1.807, 2.05) is 31.2 Å². The molecule has 2 aromatic carbocycles. The summed E-state index contributed by atoms with van der Waals surface area (Å²) in [5, 5.41) is 6.42. The molecule has 152 valence electrons. The average molecular weight is 390 g/mol. The van der Waals surface area contributed by atoms with Gasteiger partial charge in [0.1, 0.15) is 5.82 Å². The van der Waals surface area contributed by atoms with Gasteiger partial charge in [-0.2, -0.15) is 0 Å². The number of amides is 1. The molecule has 0 radical (unpaired) electrons. The van der Waals surface area contributed by atoms with Crippen LogP contribution in [0.15, 0.2) is 71.0 Å². The number of aliphatic imine (C=N–C) groups is 1. The van der Waals surface area contributed by atoms with E-state index >= 15 is 0 Å². The second kappa shape index (κ2) is 9.55. The predicted octanol–water partition coefficient (Wildman–Crippen LogP) is 6.35. The number of hydrogen-bond acceptors (Lipinski definition) is 3. The van der Waals surface area contributed by atoms with Crippen LogP contribution < -0.4 is 10.6 Å². The van der Waals surface area contributed by atoms with Crippen molar-refractivity contribution in [1.29, 1.82) is 0 Å². The highest BCUT2D eigenvalue weighted by atomic mass is 16.1. The van der Waals surface area contributed by atoms with Crippen molar-refractivity contribution in [1.82, 2.24) is 0 Å². The van der Waals surface area contributed by atoms with Crippen molar-refractivity contribution in [2.75, 3.05) is 10.6 Å². The molecule has 2 unspecified atom stereocenters. The third kappa shape index (κ3) is 5.57. The van der Waals surface area contributed by atoms with E-state index in [0.717, 1.165) is 30.0 Å². The van der Waals surface area contributed by atoms with E-state index in [-0.39, 0.29) is 11.8 Å². The van der Waals surface area contributed by atoms with E-state index in [0.29, 0.717) is 12.3 Å². The number of nitrogens with zero attached hydrogens (tertiary/aromatic N) is 1. The second-order valence-corrected chi connectivity index (χ2v) is 7.99. The zero-order valence-corrected chi connectivity index (χ0v) is 17.8. The summed E-state index contributed by atoms with van der Waals surface area (Å²) >= 11 is 0. The van der Waals surface area contributed by atoms with Crippen molar-refractivity contribution < 1.29 is 4.79 Å². The van der Waals surface area contributed by atoms with Gasteiger partial charge in [0.05, 0.1) is 0 Å². The lowest BCUT2D eigenvalue weighted by Gasteiger charge is -2.17. The minimum Gasteiger partial charge on any atom is -0.340 e. The van der Waals surface area contributed by atoms with Gasteiger partial charge in [-0.25, -0.2) is 4.99 Å². The van der Waals surface area contributed by atoms with Crippen LogP contribution in [0, 0.1) is 5.92 Å². The fourth-order valence-electron chi connectivity index (χ4n) is 3.74. The first-order valence-corrected chi connectivity index (χ1v) is 10.4. The number of carbonyl (C=O) groups excluding carboxylic acids is 1. The Balaban J connectivity index is 1.87. The Labute approximate surface area is 174 Å². The molecule has 4 nitrogen and oxygen atoms in total. The van der Waals surface area contributed by atoms with Gasteiger partial charge in [0.15, 0.2) is 0 Å². The van der Waals surface area contributed by atoms with Gasteiger partial charge in [-0.1, -0.05) is 57.2 Å². The normalized spacial score (nSPS) is 17.9. The molecule has 2 aromatic rings. The van der Waals surface area contributed by atoms with Crippen LogP contribution in [0.25, 0.3) is 0 Å². The van der Waals surface area contributed by atoms with Gasteiger partial charge < -0.3 is 10.6 Å². The molecule has 2 atom stereocenters. The highest BCUT2D eigenvalue weighted by Crippen LogP contribution is 2.30. The van der Waals surface area contributed by atoms with E-state index in [1.54, 1.807) is 0 Å². The number of anilines is 2. The second-order valence-electron chi connectivity index (χ2n) is 7.99. The van der Waals surface area contributed by atoms with Crippen LogP contribution in [-0.2, 0) is 4.79 Å². The monoisotopic (exact) mass is 389 g/mol. The number of hydrogen-bond donors (Lipinski definition) is 2. The molecule has 0 fully saturated rings. The van der Waals surface area contributed by atoms with E-state index in [9.17, 15) is 4.79 Å². The first kappa shape index (κ1) is 20.8. The van der Waals surface area contributed by atoms with E-state index in [4.69, 9.17) is 4.99 Å². The molecule has 2 N–H and O–H groups in total. The van der Waals surface area contributed by atoms with Crippen molar-refractivity contribution >= 4 is 23.0 Å². The standard InChI is InChI=1S/C25H31N3O/c1-5-24(29)26-21-12-9-13-22(16-21)27-25-18(3)14-17(2)15-23(28-25)19(4)20-10-7-6-8-11-20/h6-13,16-17,19,27H,5,14-15H2,1-4H3,(H,26,29).